The van der Waals surface area contributed by atoms with E-state index in [9.17, 15) is 14.0 Å². The highest BCUT2D eigenvalue weighted by atomic mass is 32.1. The van der Waals surface area contributed by atoms with Crippen molar-refractivity contribution in [3.63, 3.8) is 0 Å². The van der Waals surface area contributed by atoms with Gasteiger partial charge in [-0.1, -0.05) is 18.2 Å². The molecule has 0 spiro atoms. The van der Waals surface area contributed by atoms with E-state index in [0.29, 0.717) is 23.7 Å². The van der Waals surface area contributed by atoms with Crippen LogP contribution in [0.25, 0.3) is 0 Å². The minimum absolute atomic E-state index is 0.0479. The molecule has 1 aromatic heterocycles. The van der Waals surface area contributed by atoms with Crippen molar-refractivity contribution in [1.82, 2.24) is 4.90 Å². The minimum atomic E-state index is -0.566. The molecule has 1 atom stereocenters. The van der Waals surface area contributed by atoms with Crippen molar-refractivity contribution >= 4 is 23.1 Å². The van der Waals surface area contributed by atoms with Gasteiger partial charge in [0.15, 0.2) is 10.8 Å². The van der Waals surface area contributed by atoms with Crippen LogP contribution in [0.5, 0.6) is 5.06 Å². The minimum Gasteiger partial charge on any atom is -0.415 e. The van der Waals surface area contributed by atoms with E-state index in [4.69, 9.17) is 4.74 Å². The van der Waals surface area contributed by atoms with Crippen LogP contribution in [0.2, 0.25) is 0 Å². The lowest BCUT2D eigenvalue weighted by atomic mass is 9.95. The van der Waals surface area contributed by atoms with E-state index < -0.39 is 11.5 Å². The van der Waals surface area contributed by atoms with Crippen LogP contribution in [-0.4, -0.2) is 23.2 Å². The second-order valence-corrected chi connectivity index (χ2v) is 10.1. The second-order valence-electron chi connectivity index (χ2n) is 8.97. The summed E-state index contributed by atoms with van der Waals surface area (Å²) in [6.07, 6.45) is 2.55. The van der Waals surface area contributed by atoms with Gasteiger partial charge in [0.2, 0.25) is 0 Å². The van der Waals surface area contributed by atoms with Gasteiger partial charge in [-0.15, -0.1) is 11.3 Å². The molecule has 4 nitrogen and oxygen atoms in total. The molecule has 4 rings (SSSR count). The fourth-order valence-electron chi connectivity index (χ4n) is 3.66. The Morgan fingerprint density at radius 3 is 2.62 bits per heavy atom. The van der Waals surface area contributed by atoms with Gasteiger partial charge < -0.3 is 4.74 Å². The third-order valence-electron chi connectivity index (χ3n) is 5.49. The average molecular weight is 416 g/mol. The number of ether oxygens (including phenoxy) is 1. The highest BCUT2D eigenvalue weighted by molar-refractivity contribution is 7.14. The number of halogens is 1. The Kier molecular flexibility index (Phi) is 5.34. The molecule has 1 aliphatic carbocycles. The number of rotatable bonds is 5. The summed E-state index contributed by atoms with van der Waals surface area (Å²) in [6, 6.07) is 7.93. The molecule has 2 aliphatic rings. The number of esters is 1. The molecule has 0 radical (unpaired) electrons. The predicted octanol–water partition coefficient (Wildman–Crippen LogP) is 4.92. The summed E-state index contributed by atoms with van der Waals surface area (Å²) in [5, 5.41) is 0.590. The molecule has 0 bridgehead atoms. The molecule has 1 fully saturated rings. The maximum absolute atomic E-state index is 14.6. The summed E-state index contributed by atoms with van der Waals surface area (Å²) in [5.41, 5.74) is 0.953. The molecule has 1 saturated carbocycles. The molecule has 0 amide bonds. The van der Waals surface area contributed by atoms with Crippen LogP contribution >= 0.6 is 11.3 Å². The van der Waals surface area contributed by atoms with Crippen molar-refractivity contribution in [1.29, 1.82) is 0 Å². The molecule has 2 aromatic rings. The summed E-state index contributed by atoms with van der Waals surface area (Å²) in [7, 11) is 0. The third kappa shape index (κ3) is 4.28. The maximum atomic E-state index is 14.6. The molecule has 0 saturated heterocycles. The van der Waals surface area contributed by atoms with Crippen LogP contribution in [0.4, 0.5) is 4.39 Å². The summed E-state index contributed by atoms with van der Waals surface area (Å²) >= 11 is 1.49. The topological polar surface area (TPSA) is 46.6 Å². The average Bonchev–Trinajstić information content (AvgIpc) is 3.43. The van der Waals surface area contributed by atoms with Crippen LogP contribution in [0.3, 0.4) is 0 Å². The van der Waals surface area contributed by atoms with Crippen LogP contribution < -0.4 is 4.74 Å². The van der Waals surface area contributed by atoms with Gasteiger partial charge in [0.1, 0.15) is 5.82 Å². The van der Waals surface area contributed by atoms with Crippen LogP contribution in [0, 0.1) is 17.2 Å². The number of carbonyl (C=O) groups is 2. The quantitative estimate of drug-likeness (QED) is 0.651. The fraction of sp³-hybridized carbons (Fsp3) is 0.478. The van der Waals surface area contributed by atoms with Crippen LogP contribution in [0.15, 0.2) is 30.3 Å². The Morgan fingerprint density at radius 1 is 1.24 bits per heavy atom. The van der Waals surface area contributed by atoms with Crippen molar-refractivity contribution in [2.24, 2.45) is 11.3 Å². The van der Waals surface area contributed by atoms with Crippen molar-refractivity contribution < 1.29 is 18.7 Å². The fourth-order valence-corrected chi connectivity index (χ4v) is 4.67. The number of Topliss-reactive ketones (excluding diaryl/α,β-unsaturated/α-hetero) is 1. The van der Waals surface area contributed by atoms with Gasteiger partial charge in [0, 0.05) is 29.4 Å². The number of hydrogen-bond acceptors (Lipinski definition) is 5. The molecular weight excluding hydrogens is 389 g/mol. The zero-order valence-electron chi connectivity index (χ0n) is 17.0. The number of thiophene rings is 1. The third-order valence-corrected chi connectivity index (χ3v) is 6.61. The first kappa shape index (κ1) is 20.2. The number of nitrogens with zero attached hydrogens (tertiary/aromatic N) is 1. The van der Waals surface area contributed by atoms with Crippen LogP contribution in [0.1, 0.15) is 55.7 Å². The van der Waals surface area contributed by atoms with E-state index in [0.717, 1.165) is 24.8 Å². The highest BCUT2D eigenvalue weighted by Crippen LogP contribution is 2.41. The molecule has 1 unspecified atom stereocenters. The van der Waals surface area contributed by atoms with E-state index in [2.05, 4.69) is 4.90 Å². The Hall–Kier alpha value is -2.05. The van der Waals surface area contributed by atoms with Crippen molar-refractivity contribution in [2.45, 2.75) is 52.6 Å². The van der Waals surface area contributed by atoms with Gasteiger partial charge in [-0.2, -0.15) is 0 Å². The van der Waals surface area contributed by atoms with E-state index in [-0.39, 0.29) is 23.5 Å². The maximum Gasteiger partial charge on any atom is 0.317 e. The Morgan fingerprint density at radius 2 is 1.97 bits per heavy atom. The van der Waals surface area contributed by atoms with Gasteiger partial charge in [-0.25, -0.2) is 4.39 Å². The number of carbonyl (C=O) groups excluding carboxylic acids is 2. The summed E-state index contributed by atoms with van der Waals surface area (Å²) in [4.78, 5) is 28.5. The van der Waals surface area contributed by atoms with E-state index >= 15 is 0 Å². The smallest absolute Gasteiger partial charge is 0.317 e. The Labute approximate surface area is 174 Å². The lowest BCUT2D eigenvalue weighted by Gasteiger charge is -2.34. The second kappa shape index (κ2) is 7.65. The first-order valence-corrected chi connectivity index (χ1v) is 10.9. The number of benzene rings is 1. The Balaban J connectivity index is 1.58. The first-order valence-electron chi connectivity index (χ1n) is 10.1. The molecule has 1 aliphatic heterocycles. The van der Waals surface area contributed by atoms with Crippen molar-refractivity contribution in [3.8, 4) is 5.06 Å². The zero-order chi connectivity index (χ0) is 20.8. The molecular formula is C23H26FNO3S. The number of fused-ring (bicyclic) bond motifs is 1. The largest absolute Gasteiger partial charge is 0.415 e. The SMILES string of the molecule is CC(C)(C)C(=O)Oc1cc2c(s1)CCN(C(C(=O)C1CC1)c1ccccc1F)C2. The number of hydrogen-bond donors (Lipinski definition) is 0. The lowest BCUT2D eigenvalue weighted by Crippen LogP contribution is -2.38. The summed E-state index contributed by atoms with van der Waals surface area (Å²) in [5.74, 6) is -0.427. The first-order chi connectivity index (χ1) is 13.7. The monoisotopic (exact) mass is 415 g/mol. The molecule has 0 N–H and O–H groups in total. The van der Waals surface area contributed by atoms with E-state index in [1.54, 1.807) is 18.2 Å². The van der Waals surface area contributed by atoms with E-state index in [1.165, 1.54) is 22.3 Å². The molecule has 1 aromatic carbocycles. The normalized spacial score (nSPS) is 18.2. The predicted molar refractivity (Wildman–Crippen MR) is 110 cm³/mol. The zero-order valence-corrected chi connectivity index (χ0v) is 17.9. The lowest BCUT2D eigenvalue weighted by molar-refractivity contribution is -0.142. The van der Waals surface area contributed by atoms with Gasteiger partial charge in [-0.3, -0.25) is 14.5 Å². The summed E-state index contributed by atoms with van der Waals surface area (Å²) < 4.78 is 20.1. The number of ketones is 1. The highest BCUT2D eigenvalue weighted by Gasteiger charge is 2.40. The van der Waals surface area contributed by atoms with Crippen molar-refractivity contribution in [2.75, 3.05) is 6.54 Å². The molecule has 2 heterocycles. The Bertz CT molecular complexity index is 942. The van der Waals surface area contributed by atoms with E-state index in [1.807, 2.05) is 26.8 Å². The molecule has 6 heteroatoms. The molecule has 154 valence electrons. The van der Waals surface area contributed by atoms with Crippen molar-refractivity contribution in [3.05, 3.63) is 52.2 Å². The van der Waals surface area contributed by atoms with Gasteiger partial charge in [0.05, 0.1) is 11.5 Å². The molecule has 29 heavy (non-hydrogen) atoms. The van der Waals surface area contributed by atoms with Gasteiger partial charge >= 0.3 is 5.97 Å². The summed E-state index contributed by atoms with van der Waals surface area (Å²) in [6.45, 7) is 6.71. The standard InChI is InChI=1S/C23H26FNO3S/c1-23(2,3)22(27)28-19-12-15-13-25(11-10-18(15)29-19)20(21(26)14-8-9-14)16-6-4-5-7-17(16)24/h4-7,12,14,20H,8-11,13H2,1-3H3. The van der Waals surface area contributed by atoms with Gasteiger partial charge in [0.25, 0.3) is 0 Å². The van der Waals surface area contributed by atoms with Gasteiger partial charge in [-0.05, 0) is 57.7 Å². The van der Waals surface area contributed by atoms with Crippen LogP contribution in [-0.2, 0) is 22.6 Å².